The molecule has 6 nitrogen and oxygen atoms in total. The second-order valence-corrected chi connectivity index (χ2v) is 4.23. The van der Waals surface area contributed by atoms with Crippen molar-refractivity contribution in [1.82, 2.24) is 5.43 Å². The average molecular weight is 282 g/mol. The average Bonchev–Trinajstić information content (AvgIpc) is 3.01. The highest BCUT2D eigenvalue weighted by Crippen LogP contribution is 2.12. The molecule has 0 atom stereocenters. The summed E-state index contributed by atoms with van der Waals surface area (Å²) in [6.45, 7) is 0. The van der Waals surface area contributed by atoms with Crippen molar-refractivity contribution in [3.63, 3.8) is 0 Å². The fourth-order valence-electron chi connectivity index (χ4n) is 1.80. The van der Waals surface area contributed by atoms with Gasteiger partial charge < -0.3 is 8.83 Å². The van der Waals surface area contributed by atoms with Crippen LogP contribution in [0.5, 0.6) is 0 Å². The number of carbonyl (C=O) groups is 1. The van der Waals surface area contributed by atoms with Gasteiger partial charge in [-0.05, 0) is 42.0 Å². The van der Waals surface area contributed by atoms with Crippen LogP contribution < -0.4 is 11.1 Å². The molecule has 0 aliphatic rings. The first-order chi connectivity index (χ1) is 10.2. The third kappa shape index (κ3) is 2.89. The Balaban J connectivity index is 1.75. The van der Waals surface area contributed by atoms with Crippen molar-refractivity contribution >= 4 is 23.1 Å². The third-order valence-corrected chi connectivity index (χ3v) is 2.77. The summed E-state index contributed by atoms with van der Waals surface area (Å²) in [5.41, 5.74) is 3.22. The molecular formula is C15H10N2O4. The molecule has 0 saturated heterocycles. The molecular weight excluding hydrogens is 272 g/mol. The Labute approximate surface area is 118 Å². The molecule has 2 heterocycles. The summed E-state index contributed by atoms with van der Waals surface area (Å²) >= 11 is 0. The standard InChI is InChI=1S/C15H10N2O4/c18-14-6-4-11-8-10(3-5-12(11)21-14)9-16-17-15(19)13-2-1-7-20-13/h1-9H,(H,17,19)/b16-9+. The van der Waals surface area contributed by atoms with Crippen molar-refractivity contribution in [2.75, 3.05) is 0 Å². The number of hydrogen-bond donors (Lipinski definition) is 1. The van der Waals surface area contributed by atoms with Crippen LogP contribution >= 0.6 is 0 Å². The van der Waals surface area contributed by atoms with Crippen molar-refractivity contribution in [1.29, 1.82) is 0 Å². The summed E-state index contributed by atoms with van der Waals surface area (Å²) < 4.78 is 9.97. The highest BCUT2D eigenvalue weighted by Gasteiger charge is 2.05. The molecule has 6 heteroatoms. The van der Waals surface area contributed by atoms with E-state index in [9.17, 15) is 9.59 Å². The van der Waals surface area contributed by atoms with Crippen LogP contribution in [0.3, 0.4) is 0 Å². The second kappa shape index (κ2) is 5.46. The Morgan fingerprint density at radius 2 is 2.10 bits per heavy atom. The number of furan rings is 1. The molecule has 0 saturated carbocycles. The zero-order chi connectivity index (χ0) is 14.7. The zero-order valence-electron chi connectivity index (χ0n) is 10.8. The van der Waals surface area contributed by atoms with Crippen LogP contribution in [0.4, 0.5) is 0 Å². The summed E-state index contributed by atoms with van der Waals surface area (Å²) in [5, 5.41) is 4.62. The number of nitrogens with zero attached hydrogens (tertiary/aromatic N) is 1. The van der Waals surface area contributed by atoms with Crippen molar-refractivity contribution in [2.24, 2.45) is 5.10 Å². The van der Waals surface area contributed by atoms with E-state index in [0.29, 0.717) is 5.58 Å². The van der Waals surface area contributed by atoms with Gasteiger partial charge in [-0.25, -0.2) is 10.2 Å². The number of amides is 1. The monoisotopic (exact) mass is 282 g/mol. The molecule has 0 fully saturated rings. The van der Waals surface area contributed by atoms with E-state index >= 15 is 0 Å². The van der Waals surface area contributed by atoms with Gasteiger partial charge in [0.15, 0.2) is 5.76 Å². The van der Waals surface area contributed by atoms with Crippen molar-refractivity contribution < 1.29 is 13.6 Å². The highest BCUT2D eigenvalue weighted by molar-refractivity contribution is 5.93. The molecule has 3 rings (SSSR count). The van der Waals surface area contributed by atoms with Crippen LogP contribution in [-0.2, 0) is 0 Å². The maximum absolute atomic E-state index is 11.6. The summed E-state index contributed by atoms with van der Waals surface area (Å²) in [7, 11) is 0. The van der Waals surface area contributed by atoms with E-state index in [1.54, 1.807) is 36.4 Å². The number of carbonyl (C=O) groups excluding carboxylic acids is 1. The lowest BCUT2D eigenvalue weighted by Gasteiger charge is -1.98. The Hall–Kier alpha value is -3.15. The topological polar surface area (TPSA) is 84.8 Å². The van der Waals surface area contributed by atoms with Gasteiger partial charge in [0.1, 0.15) is 5.58 Å². The molecule has 2 aromatic heterocycles. The SMILES string of the molecule is O=C(N/N=C/c1ccc2oc(=O)ccc2c1)c1ccco1. The Morgan fingerprint density at radius 3 is 2.90 bits per heavy atom. The minimum Gasteiger partial charge on any atom is -0.459 e. The maximum atomic E-state index is 11.6. The van der Waals surface area contributed by atoms with Gasteiger partial charge in [-0.15, -0.1) is 0 Å². The van der Waals surface area contributed by atoms with E-state index in [1.807, 2.05) is 0 Å². The molecule has 21 heavy (non-hydrogen) atoms. The van der Waals surface area contributed by atoms with E-state index < -0.39 is 11.5 Å². The molecule has 0 radical (unpaired) electrons. The zero-order valence-corrected chi connectivity index (χ0v) is 10.8. The lowest BCUT2D eigenvalue weighted by Crippen LogP contribution is -2.16. The van der Waals surface area contributed by atoms with Crippen LogP contribution in [-0.4, -0.2) is 12.1 Å². The molecule has 1 aromatic carbocycles. The number of fused-ring (bicyclic) bond motifs is 1. The summed E-state index contributed by atoms with van der Waals surface area (Å²) in [6.07, 6.45) is 2.90. The molecule has 1 N–H and O–H groups in total. The van der Waals surface area contributed by atoms with Gasteiger partial charge in [-0.1, -0.05) is 0 Å². The number of nitrogens with one attached hydrogen (secondary N) is 1. The van der Waals surface area contributed by atoms with Gasteiger partial charge in [0.25, 0.3) is 0 Å². The number of rotatable bonds is 3. The molecule has 1 amide bonds. The van der Waals surface area contributed by atoms with Gasteiger partial charge in [0.05, 0.1) is 12.5 Å². The fourth-order valence-corrected chi connectivity index (χ4v) is 1.80. The predicted octanol–water partition coefficient (Wildman–Crippen LogP) is 2.15. The quantitative estimate of drug-likeness (QED) is 0.453. The number of benzene rings is 1. The normalized spacial score (nSPS) is 11.0. The van der Waals surface area contributed by atoms with E-state index in [4.69, 9.17) is 8.83 Å². The van der Waals surface area contributed by atoms with Crippen molar-refractivity contribution in [3.8, 4) is 0 Å². The van der Waals surface area contributed by atoms with Crippen molar-refractivity contribution in [2.45, 2.75) is 0 Å². The Kier molecular flexibility index (Phi) is 3.34. The molecule has 0 aliphatic carbocycles. The van der Waals surface area contributed by atoms with Crippen LogP contribution in [0.15, 0.2) is 67.5 Å². The van der Waals surface area contributed by atoms with E-state index in [1.165, 1.54) is 18.5 Å². The Morgan fingerprint density at radius 1 is 1.19 bits per heavy atom. The number of hydrogen-bond acceptors (Lipinski definition) is 5. The summed E-state index contributed by atoms with van der Waals surface area (Å²) in [6, 6.07) is 11.4. The van der Waals surface area contributed by atoms with Crippen LogP contribution in [0.2, 0.25) is 0 Å². The van der Waals surface area contributed by atoms with Crippen LogP contribution in [0, 0.1) is 0 Å². The smallest absolute Gasteiger partial charge is 0.336 e. The summed E-state index contributed by atoms with van der Waals surface area (Å²) in [5.74, 6) is -0.240. The second-order valence-electron chi connectivity index (χ2n) is 4.23. The highest BCUT2D eigenvalue weighted by atomic mass is 16.4. The molecule has 0 unspecified atom stereocenters. The molecule has 0 aliphatic heterocycles. The Bertz CT molecular complexity index is 863. The van der Waals surface area contributed by atoms with Gasteiger partial charge in [-0.3, -0.25) is 4.79 Å². The van der Waals surface area contributed by atoms with E-state index in [2.05, 4.69) is 10.5 Å². The predicted molar refractivity (Wildman–Crippen MR) is 76.3 cm³/mol. The van der Waals surface area contributed by atoms with Gasteiger partial charge >= 0.3 is 11.5 Å². The van der Waals surface area contributed by atoms with Gasteiger partial charge in [-0.2, -0.15) is 5.10 Å². The first-order valence-electron chi connectivity index (χ1n) is 6.13. The van der Waals surface area contributed by atoms with Crippen molar-refractivity contribution in [3.05, 3.63) is 70.5 Å². The largest absolute Gasteiger partial charge is 0.459 e. The minimum atomic E-state index is -0.428. The lowest BCUT2D eigenvalue weighted by atomic mass is 10.1. The minimum absolute atomic E-state index is 0.187. The number of hydrazone groups is 1. The first kappa shape index (κ1) is 12.9. The van der Waals surface area contributed by atoms with E-state index in [-0.39, 0.29) is 5.76 Å². The maximum Gasteiger partial charge on any atom is 0.336 e. The summed E-state index contributed by atoms with van der Waals surface area (Å²) in [4.78, 5) is 22.7. The third-order valence-electron chi connectivity index (χ3n) is 2.77. The van der Waals surface area contributed by atoms with Crippen LogP contribution in [0.25, 0.3) is 11.0 Å². The molecule has 0 bridgehead atoms. The molecule has 3 aromatic rings. The van der Waals surface area contributed by atoms with E-state index in [0.717, 1.165) is 10.9 Å². The lowest BCUT2D eigenvalue weighted by molar-refractivity contribution is 0.0927. The van der Waals surface area contributed by atoms with Crippen LogP contribution in [0.1, 0.15) is 16.1 Å². The molecule has 104 valence electrons. The fraction of sp³-hybridized carbons (Fsp3) is 0. The first-order valence-corrected chi connectivity index (χ1v) is 6.13. The molecule has 0 spiro atoms. The van der Waals surface area contributed by atoms with Gasteiger partial charge in [0, 0.05) is 11.5 Å². The van der Waals surface area contributed by atoms with Gasteiger partial charge in [0.2, 0.25) is 0 Å².